The van der Waals surface area contributed by atoms with Gasteiger partial charge >= 0.3 is 11.9 Å². The number of carboxylic acid groups (broad SMARTS) is 1. The number of rotatable bonds is 10. The molecule has 1 atom stereocenters. The Balaban J connectivity index is 1.42. The summed E-state index contributed by atoms with van der Waals surface area (Å²) in [7, 11) is 0. The molecule has 1 fully saturated rings. The normalized spacial score (nSPS) is 19.2. The fourth-order valence-corrected chi connectivity index (χ4v) is 5.49. The van der Waals surface area contributed by atoms with Gasteiger partial charge < -0.3 is 20.4 Å². The van der Waals surface area contributed by atoms with E-state index >= 15 is 0 Å². The van der Waals surface area contributed by atoms with E-state index in [1.165, 1.54) is 17.7 Å². The molecule has 1 saturated carbocycles. The van der Waals surface area contributed by atoms with Crippen molar-refractivity contribution in [3.63, 3.8) is 0 Å². The molecule has 0 amide bonds. The quantitative estimate of drug-likeness (QED) is 0.373. The van der Waals surface area contributed by atoms with Crippen LogP contribution in [0, 0.1) is 17.2 Å². The molecule has 3 N–H and O–H groups in total. The maximum atomic E-state index is 13.0. The predicted octanol–water partition coefficient (Wildman–Crippen LogP) is 4.24. The topological polar surface area (TPSA) is 136 Å². The minimum atomic E-state index is -1.23. The smallest absolute Gasteiger partial charge is 0.360 e. The summed E-state index contributed by atoms with van der Waals surface area (Å²) >= 11 is 12.3. The number of nitriles is 1. The zero-order valence-corrected chi connectivity index (χ0v) is 21.6. The number of fused-ring (bicyclic) bond motifs is 1. The van der Waals surface area contributed by atoms with Crippen molar-refractivity contribution in [1.82, 2.24) is 10.0 Å². The number of carboxylic acids is 1. The molecule has 0 saturated heterocycles. The summed E-state index contributed by atoms with van der Waals surface area (Å²) in [5.41, 5.74) is 2.28. The molecule has 2 heterocycles. The second-order valence-electron chi connectivity index (χ2n) is 9.40. The van der Waals surface area contributed by atoms with Crippen LogP contribution in [0.15, 0.2) is 24.3 Å². The molecular weight excluding hydrogens is 519 g/mol. The Bertz CT molecular complexity index is 1190. The van der Waals surface area contributed by atoms with E-state index in [4.69, 9.17) is 38.3 Å². The molecule has 37 heavy (non-hydrogen) atoms. The Kier molecular flexibility index (Phi) is 8.87. The molecule has 0 radical (unpaired) electrons. The van der Waals surface area contributed by atoms with Gasteiger partial charge in [-0.3, -0.25) is 4.79 Å². The second kappa shape index (κ2) is 12.1. The first-order valence-electron chi connectivity index (χ1n) is 12.3. The molecule has 2 aliphatic rings. The number of aryl methyl sites for hydroxylation is 2. The fraction of sp³-hybridized carbons (Fsp3) is 0.462. The van der Waals surface area contributed by atoms with Crippen LogP contribution >= 0.6 is 23.2 Å². The molecule has 0 unspecified atom stereocenters. The molecule has 1 aromatic heterocycles. The van der Waals surface area contributed by atoms with Crippen molar-refractivity contribution in [2.75, 3.05) is 18.5 Å². The van der Waals surface area contributed by atoms with Crippen LogP contribution in [0.2, 0.25) is 10.0 Å². The third kappa shape index (κ3) is 6.33. The molecule has 0 bridgehead atoms. The van der Waals surface area contributed by atoms with Gasteiger partial charge in [0.15, 0.2) is 0 Å². The highest BCUT2D eigenvalue weighted by molar-refractivity contribution is 6.39. The number of aliphatic carboxylic acids is 1. The lowest BCUT2D eigenvalue weighted by Gasteiger charge is -2.43. The summed E-state index contributed by atoms with van der Waals surface area (Å²) in [6, 6.07) is 7.10. The van der Waals surface area contributed by atoms with Gasteiger partial charge in [-0.05, 0) is 74.6 Å². The number of nitrogens with one attached hydrogen (secondary N) is 1. The Morgan fingerprint density at radius 2 is 2.00 bits per heavy atom. The van der Waals surface area contributed by atoms with E-state index in [0.717, 1.165) is 48.8 Å². The highest BCUT2D eigenvalue weighted by Crippen LogP contribution is 2.38. The summed E-state index contributed by atoms with van der Waals surface area (Å²) in [6.45, 7) is 0.539. The predicted molar refractivity (Wildman–Crippen MR) is 137 cm³/mol. The van der Waals surface area contributed by atoms with Crippen molar-refractivity contribution in [3.8, 4) is 6.07 Å². The summed E-state index contributed by atoms with van der Waals surface area (Å²) in [5.74, 6) is -0.865. The van der Waals surface area contributed by atoms with Crippen LogP contribution in [-0.2, 0) is 22.5 Å². The molecule has 0 spiro atoms. The van der Waals surface area contributed by atoms with Crippen molar-refractivity contribution >= 4 is 41.0 Å². The Morgan fingerprint density at radius 3 is 2.65 bits per heavy atom. The number of hydrogen-bond acceptors (Lipinski definition) is 8. The Labute approximate surface area is 224 Å². The number of halogens is 2. The molecule has 4 rings (SSSR count). The van der Waals surface area contributed by atoms with E-state index in [0.29, 0.717) is 18.8 Å². The first-order chi connectivity index (χ1) is 17.8. The van der Waals surface area contributed by atoms with Crippen molar-refractivity contribution in [1.29, 1.82) is 5.26 Å². The molecule has 11 heteroatoms. The average Bonchev–Trinajstić information content (AvgIpc) is 2.84. The van der Waals surface area contributed by atoms with Crippen LogP contribution in [-0.4, -0.2) is 57.4 Å². The molecule has 196 valence electrons. The minimum absolute atomic E-state index is 0.0680. The number of carbonyl (C=O) groups is 2. The summed E-state index contributed by atoms with van der Waals surface area (Å²) < 4.78 is 0. The summed E-state index contributed by atoms with van der Waals surface area (Å²) in [4.78, 5) is 35.3. The van der Waals surface area contributed by atoms with Crippen LogP contribution < -0.4 is 5.32 Å². The van der Waals surface area contributed by atoms with Gasteiger partial charge in [0.05, 0.1) is 27.2 Å². The van der Waals surface area contributed by atoms with Crippen LogP contribution in [0.3, 0.4) is 0 Å². The largest absolute Gasteiger partial charge is 0.480 e. The van der Waals surface area contributed by atoms with Crippen molar-refractivity contribution in [2.24, 2.45) is 5.92 Å². The number of carbonyl (C=O) groups excluding carboxylic acids is 1. The Morgan fingerprint density at radius 1 is 1.27 bits per heavy atom. The van der Waals surface area contributed by atoms with Gasteiger partial charge in [0.1, 0.15) is 11.9 Å². The average molecular weight is 547 g/mol. The highest BCUT2D eigenvalue weighted by Gasteiger charge is 2.42. The lowest BCUT2D eigenvalue weighted by Crippen LogP contribution is -2.53. The van der Waals surface area contributed by atoms with Gasteiger partial charge in [-0.15, -0.1) is 5.06 Å². The number of nitrogens with zero attached hydrogens (tertiary/aromatic N) is 3. The number of anilines is 1. The van der Waals surface area contributed by atoms with E-state index in [2.05, 4.69) is 17.4 Å². The molecule has 1 aliphatic carbocycles. The van der Waals surface area contributed by atoms with Gasteiger partial charge in [0.25, 0.3) is 0 Å². The van der Waals surface area contributed by atoms with E-state index in [1.807, 2.05) is 6.07 Å². The molecule has 1 aromatic carbocycles. The lowest BCUT2D eigenvalue weighted by atomic mass is 9.76. The Hall–Kier alpha value is -2.90. The van der Waals surface area contributed by atoms with Crippen LogP contribution in [0.5, 0.6) is 0 Å². The number of aliphatic hydroxyl groups excluding tert-OH is 1. The second-order valence-corrected chi connectivity index (χ2v) is 10.2. The van der Waals surface area contributed by atoms with E-state index in [1.54, 1.807) is 0 Å². The SMILES string of the molecule is N#Cc1cc(Cl)c(C(=O)ON(C2CC(CCc3ccc4c(n3)NCCC4)C2)[C@@H](CCO)C(=O)O)c(Cl)c1. The highest BCUT2D eigenvalue weighted by atomic mass is 35.5. The lowest BCUT2D eigenvalue weighted by molar-refractivity contribution is -0.204. The number of hydroxylamine groups is 2. The maximum Gasteiger partial charge on any atom is 0.360 e. The zero-order chi connectivity index (χ0) is 26.5. The standard InChI is InChI=1S/C26H28Cl2N4O5/c27-20-12-16(14-29)13-21(28)23(20)26(36)37-32(22(7-9-33)25(34)35)19-10-15(11-19)3-5-18-6-4-17-2-1-8-30-24(17)31-18/h4,6,12-13,15,19,22,33H,1-3,5,7-11H2,(H,30,31)(H,34,35)/t15?,19?,22-/m0/s1. The van der Waals surface area contributed by atoms with Gasteiger partial charge in [-0.1, -0.05) is 29.3 Å². The van der Waals surface area contributed by atoms with Crippen molar-refractivity contribution in [3.05, 3.63) is 56.7 Å². The third-order valence-electron chi connectivity index (χ3n) is 6.89. The van der Waals surface area contributed by atoms with Crippen molar-refractivity contribution in [2.45, 2.75) is 57.0 Å². The van der Waals surface area contributed by atoms with E-state index in [9.17, 15) is 19.8 Å². The van der Waals surface area contributed by atoms with Gasteiger partial charge in [0, 0.05) is 24.9 Å². The van der Waals surface area contributed by atoms with E-state index in [-0.39, 0.29) is 33.6 Å². The van der Waals surface area contributed by atoms with Crippen LogP contribution in [0.25, 0.3) is 0 Å². The number of benzene rings is 1. The third-order valence-corrected chi connectivity index (χ3v) is 7.49. The van der Waals surface area contributed by atoms with Crippen molar-refractivity contribution < 1.29 is 24.6 Å². The fourth-order valence-electron chi connectivity index (χ4n) is 4.85. The number of aromatic nitrogens is 1. The molecular formula is C26H28Cl2N4O5. The molecule has 1 aliphatic heterocycles. The minimum Gasteiger partial charge on any atom is -0.480 e. The summed E-state index contributed by atoms with van der Waals surface area (Å²) in [5, 5.41) is 32.6. The molecule has 2 aromatic rings. The maximum absolute atomic E-state index is 13.0. The molecule has 9 nitrogen and oxygen atoms in total. The zero-order valence-electron chi connectivity index (χ0n) is 20.1. The first-order valence-corrected chi connectivity index (χ1v) is 13.0. The number of pyridine rings is 1. The van der Waals surface area contributed by atoms with Gasteiger partial charge in [0.2, 0.25) is 0 Å². The summed E-state index contributed by atoms with van der Waals surface area (Å²) in [6.07, 6.45) is 4.93. The number of hydrogen-bond donors (Lipinski definition) is 3. The van der Waals surface area contributed by atoms with Crippen LogP contribution in [0.1, 0.15) is 59.3 Å². The van der Waals surface area contributed by atoms with E-state index < -0.39 is 24.6 Å². The number of aliphatic hydroxyl groups is 1. The first kappa shape index (κ1) is 27.1. The van der Waals surface area contributed by atoms with Gasteiger partial charge in [-0.25, -0.2) is 9.78 Å². The monoisotopic (exact) mass is 546 g/mol. The van der Waals surface area contributed by atoms with Crippen LogP contribution in [0.4, 0.5) is 5.82 Å². The van der Waals surface area contributed by atoms with Gasteiger partial charge in [-0.2, -0.15) is 5.26 Å².